The van der Waals surface area contributed by atoms with Crippen LogP contribution in [0.3, 0.4) is 0 Å². The summed E-state index contributed by atoms with van der Waals surface area (Å²) in [6.45, 7) is 1.72. The SMILES string of the molecule is CNC1=CC(OCCN(C)C)CC=C1S. The standard InChI is InChI=1S/C11H20N2OS/c1-12-10-8-9(4-5-11(10)15)14-7-6-13(2)3/h5,8-9,12,15H,4,6-7H2,1-3H3. The molecule has 86 valence electrons. The molecule has 1 rings (SSSR count). The fourth-order valence-corrected chi connectivity index (χ4v) is 1.68. The van der Waals surface area contributed by atoms with Gasteiger partial charge in [0.15, 0.2) is 0 Å². The molecule has 0 aromatic rings. The molecule has 0 aromatic carbocycles. The highest BCUT2D eigenvalue weighted by molar-refractivity contribution is 7.84. The third-order valence-corrected chi connectivity index (χ3v) is 2.74. The number of thiol groups is 1. The molecular weight excluding hydrogens is 208 g/mol. The highest BCUT2D eigenvalue weighted by Gasteiger charge is 2.12. The van der Waals surface area contributed by atoms with Gasteiger partial charge in [-0.2, -0.15) is 0 Å². The van der Waals surface area contributed by atoms with Crippen LogP contribution >= 0.6 is 12.6 Å². The van der Waals surface area contributed by atoms with Crippen molar-refractivity contribution in [2.75, 3.05) is 34.3 Å². The lowest BCUT2D eigenvalue weighted by molar-refractivity contribution is 0.0740. The van der Waals surface area contributed by atoms with Gasteiger partial charge in [-0.25, -0.2) is 0 Å². The van der Waals surface area contributed by atoms with Crippen LogP contribution in [-0.2, 0) is 4.74 Å². The minimum Gasteiger partial charge on any atom is -0.387 e. The molecule has 1 unspecified atom stereocenters. The lowest BCUT2D eigenvalue weighted by Crippen LogP contribution is -2.23. The van der Waals surface area contributed by atoms with Crippen LogP contribution in [-0.4, -0.2) is 45.3 Å². The first-order chi connectivity index (χ1) is 7.13. The highest BCUT2D eigenvalue weighted by Crippen LogP contribution is 2.21. The van der Waals surface area contributed by atoms with E-state index in [1.807, 2.05) is 21.1 Å². The van der Waals surface area contributed by atoms with Crippen molar-refractivity contribution in [2.45, 2.75) is 12.5 Å². The van der Waals surface area contributed by atoms with Gasteiger partial charge in [-0.15, -0.1) is 12.6 Å². The summed E-state index contributed by atoms with van der Waals surface area (Å²) in [5.74, 6) is 0. The van der Waals surface area contributed by atoms with Gasteiger partial charge in [-0.1, -0.05) is 6.08 Å². The van der Waals surface area contributed by atoms with Gasteiger partial charge in [0.2, 0.25) is 0 Å². The molecule has 0 spiro atoms. The zero-order valence-electron chi connectivity index (χ0n) is 9.66. The Hall–Kier alpha value is -0.450. The minimum absolute atomic E-state index is 0.184. The van der Waals surface area contributed by atoms with E-state index >= 15 is 0 Å². The van der Waals surface area contributed by atoms with Gasteiger partial charge in [0, 0.05) is 24.2 Å². The van der Waals surface area contributed by atoms with Crippen LogP contribution in [0.15, 0.2) is 22.8 Å². The molecule has 1 aliphatic rings. The molecule has 0 amide bonds. The lowest BCUT2D eigenvalue weighted by Gasteiger charge is -2.20. The van der Waals surface area contributed by atoms with Gasteiger partial charge in [0.1, 0.15) is 0 Å². The van der Waals surface area contributed by atoms with Crippen molar-refractivity contribution < 1.29 is 4.74 Å². The first kappa shape index (κ1) is 12.6. The molecule has 0 bridgehead atoms. The summed E-state index contributed by atoms with van der Waals surface area (Å²) in [5, 5.41) is 3.11. The molecule has 1 N–H and O–H groups in total. The maximum Gasteiger partial charge on any atom is 0.0814 e. The van der Waals surface area contributed by atoms with Gasteiger partial charge in [0.25, 0.3) is 0 Å². The zero-order valence-corrected chi connectivity index (χ0v) is 10.6. The van der Waals surface area contributed by atoms with Crippen LogP contribution in [0.5, 0.6) is 0 Å². The van der Waals surface area contributed by atoms with Crippen molar-refractivity contribution in [1.29, 1.82) is 0 Å². The van der Waals surface area contributed by atoms with E-state index in [4.69, 9.17) is 4.74 Å². The lowest BCUT2D eigenvalue weighted by atomic mass is 10.1. The van der Waals surface area contributed by atoms with Crippen molar-refractivity contribution >= 4 is 12.6 Å². The molecule has 0 aromatic heterocycles. The fourth-order valence-electron chi connectivity index (χ4n) is 1.39. The van der Waals surface area contributed by atoms with Crippen molar-refractivity contribution in [3.63, 3.8) is 0 Å². The molecule has 0 saturated carbocycles. The zero-order chi connectivity index (χ0) is 11.3. The summed E-state index contributed by atoms with van der Waals surface area (Å²) in [5.41, 5.74) is 1.06. The fraction of sp³-hybridized carbons (Fsp3) is 0.636. The molecule has 0 fully saturated rings. The van der Waals surface area contributed by atoms with Gasteiger partial charge in [-0.3, -0.25) is 0 Å². The second-order valence-electron chi connectivity index (χ2n) is 3.87. The third kappa shape index (κ3) is 4.28. The highest BCUT2D eigenvalue weighted by atomic mass is 32.1. The summed E-state index contributed by atoms with van der Waals surface area (Å²) < 4.78 is 5.74. The molecule has 4 heteroatoms. The van der Waals surface area contributed by atoms with E-state index in [0.717, 1.165) is 30.2 Å². The Morgan fingerprint density at radius 2 is 2.33 bits per heavy atom. The Morgan fingerprint density at radius 1 is 1.60 bits per heavy atom. The smallest absolute Gasteiger partial charge is 0.0814 e. The molecule has 1 atom stereocenters. The van der Waals surface area contributed by atoms with Crippen molar-refractivity contribution in [2.24, 2.45) is 0 Å². The average Bonchev–Trinajstić information content (AvgIpc) is 2.20. The van der Waals surface area contributed by atoms with Crippen LogP contribution in [0.2, 0.25) is 0 Å². The summed E-state index contributed by atoms with van der Waals surface area (Å²) in [7, 11) is 5.99. The summed E-state index contributed by atoms with van der Waals surface area (Å²) >= 11 is 4.37. The van der Waals surface area contributed by atoms with E-state index in [0.29, 0.717) is 0 Å². The van der Waals surface area contributed by atoms with Crippen molar-refractivity contribution in [3.05, 3.63) is 22.8 Å². The van der Waals surface area contributed by atoms with E-state index in [9.17, 15) is 0 Å². The van der Waals surface area contributed by atoms with Crippen LogP contribution in [0.1, 0.15) is 6.42 Å². The number of ether oxygens (including phenoxy) is 1. The third-order valence-electron chi connectivity index (χ3n) is 2.31. The molecule has 0 saturated heterocycles. The number of rotatable bonds is 5. The Balaban J connectivity index is 2.36. The Kier molecular flexibility index (Phi) is 5.22. The molecule has 15 heavy (non-hydrogen) atoms. The number of likely N-dealkylation sites (N-methyl/N-ethyl adjacent to an activating group) is 2. The number of hydrogen-bond acceptors (Lipinski definition) is 4. The molecular formula is C11H20N2OS. The number of nitrogens with zero attached hydrogens (tertiary/aromatic N) is 1. The number of nitrogens with one attached hydrogen (secondary N) is 1. The van der Waals surface area contributed by atoms with Crippen molar-refractivity contribution in [1.82, 2.24) is 10.2 Å². The quantitative estimate of drug-likeness (QED) is 0.693. The predicted molar refractivity (Wildman–Crippen MR) is 67.1 cm³/mol. The second kappa shape index (κ2) is 6.20. The topological polar surface area (TPSA) is 24.5 Å². The van der Waals surface area contributed by atoms with Crippen LogP contribution in [0.4, 0.5) is 0 Å². The molecule has 0 aliphatic heterocycles. The Labute approximate surface area is 97.6 Å². The van der Waals surface area contributed by atoms with Crippen LogP contribution in [0, 0.1) is 0 Å². The van der Waals surface area contributed by atoms with E-state index < -0.39 is 0 Å². The molecule has 3 nitrogen and oxygen atoms in total. The second-order valence-corrected chi connectivity index (χ2v) is 4.35. The average molecular weight is 228 g/mol. The van der Waals surface area contributed by atoms with E-state index in [1.54, 1.807) is 0 Å². The normalized spacial score (nSPS) is 21.3. The molecule has 1 aliphatic carbocycles. The first-order valence-corrected chi connectivity index (χ1v) is 5.63. The molecule has 0 radical (unpaired) electrons. The summed E-state index contributed by atoms with van der Waals surface area (Å²) in [6.07, 6.45) is 5.29. The maximum absolute atomic E-state index is 5.74. The monoisotopic (exact) mass is 228 g/mol. The van der Waals surface area contributed by atoms with E-state index in [2.05, 4.69) is 35.0 Å². The van der Waals surface area contributed by atoms with Gasteiger partial charge >= 0.3 is 0 Å². The van der Waals surface area contributed by atoms with E-state index in [1.165, 1.54) is 0 Å². The van der Waals surface area contributed by atoms with Crippen molar-refractivity contribution in [3.8, 4) is 0 Å². The largest absolute Gasteiger partial charge is 0.387 e. The maximum atomic E-state index is 5.74. The van der Waals surface area contributed by atoms with Gasteiger partial charge < -0.3 is 15.0 Å². The predicted octanol–water partition coefficient (Wildman–Crippen LogP) is 1.25. The Morgan fingerprint density at radius 3 is 2.93 bits per heavy atom. The summed E-state index contributed by atoms with van der Waals surface area (Å²) in [4.78, 5) is 3.12. The van der Waals surface area contributed by atoms with Crippen LogP contribution < -0.4 is 5.32 Å². The first-order valence-electron chi connectivity index (χ1n) is 5.19. The van der Waals surface area contributed by atoms with Gasteiger partial charge in [-0.05, 0) is 26.6 Å². The Bertz CT molecular complexity index is 261. The van der Waals surface area contributed by atoms with Crippen LogP contribution in [0.25, 0.3) is 0 Å². The number of hydrogen-bond donors (Lipinski definition) is 2. The molecule has 0 heterocycles. The van der Waals surface area contributed by atoms with Gasteiger partial charge in [0.05, 0.1) is 12.7 Å². The summed E-state index contributed by atoms with van der Waals surface area (Å²) in [6, 6.07) is 0. The van der Waals surface area contributed by atoms with E-state index in [-0.39, 0.29) is 6.10 Å². The minimum atomic E-state index is 0.184.